The fraction of sp³-hybridized carbons (Fsp3) is 0.222. The summed E-state index contributed by atoms with van der Waals surface area (Å²) in [6.07, 6.45) is -0.0317. The highest BCUT2D eigenvalue weighted by Crippen LogP contribution is 2.25. The van der Waals surface area contributed by atoms with Gasteiger partial charge in [-0.15, -0.1) is 0 Å². The molecule has 0 aliphatic heterocycles. The van der Waals surface area contributed by atoms with E-state index < -0.39 is 11.8 Å². The lowest BCUT2D eigenvalue weighted by atomic mass is 10.2. The molecule has 2 amide bonds. The van der Waals surface area contributed by atoms with Crippen LogP contribution in [0.4, 0.5) is 11.4 Å². The van der Waals surface area contributed by atoms with E-state index in [9.17, 15) is 9.59 Å². The zero-order chi connectivity index (χ0) is 16.8. The van der Waals surface area contributed by atoms with Gasteiger partial charge >= 0.3 is 11.8 Å². The van der Waals surface area contributed by atoms with Gasteiger partial charge in [-0.3, -0.25) is 9.59 Å². The summed E-state index contributed by atoms with van der Waals surface area (Å²) in [5, 5.41) is 2.61. The highest BCUT2D eigenvalue weighted by Gasteiger charge is 2.21. The number of para-hydroxylation sites is 3. The number of carbonyl (C=O) groups excluding carboxylic acids is 2. The van der Waals surface area contributed by atoms with Crippen LogP contribution in [0.1, 0.15) is 13.8 Å². The molecule has 2 rings (SSSR count). The van der Waals surface area contributed by atoms with E-state index in [4.69, 9.17) is 4.74 Å². The number of nitrogens with one attached hydrogen (secondary N) is 1. The lowest BCUT2D eigenvalue weighted by Gasteiger charge is -2.18. The van der Waals surface area contributed by atoms with Crippen LogP contribution in [0.25, 0.3) is 0 Å². The lowest BCUT2D eigenvalue weighted by molar-refractivity contribution is -0.134. The summed E-state index contributed by atoms with van der Waals surface area (Å²) in [4.78, 5) is 25.8. The average molecular weight is 312 g/mol. The molecule has 5 nitrogen and oxygen atoms in total. The van der Waals surface area contributed by atoms with Crippen LogP contribution in [-0.2, 0) is 9.59 Å². The summed E-state index contributed by atoms with van der Waals surface area (Å²) < 4.78 is 5.63. The first-order valence-corrected chi connectivity index (χ1v) is 7.39. The molecule has 0 saturated heterocycles. The minimum absolute atomic E-state index is 0.0317. The van der Waals surface area contributed by atoms with Gasteiger partial charge in [0.2, 0.25) is 0 Å². The maximum atomic E-state index is 12.3. The lowest BCUT2D eigenvalue weighted by Crippen LogP contribution is -2.37. The van der Waals surface area contributed by atoms with Crippen LogP contribution in [0.5, 0.6) is 5.75 Å². The molecular formula is C18H20N2O3. The molecule has 1 N–H and O–H groups in total. The SMILES string of the molecule is CC(C)Oc1ccccc1NC(=O)C(=O)N(C)c1ccccc1. The number of nitrogens with zero attached hydrogens (tertiary/aromatic N) is 1. The van der Waals surface area contributed by atoms with Crippen molar-refractivity contribution in [3.05, 3.63) is 54.6 Å². The second-order valence-electron chi connectivity index (χ2n) is 5.32. The molecule has 5 heteroatoms. The number of anilines is 2. The highest BCUT2D eigenvalue weighted by molar-refractivity contribution is 6.44. The van der Waals surface area contributed by atoms with Gasteiger partial charge in [0, 0.05) is 12.7 Å². The number of hydrogen-bond donors (Lipinski definition) is 1. The third kappa shape index (κ3) is 4.32. The quantitative estimate of drug-likeness (QED) is 0.883. The van der Waals surface area contributed by atoms with Gasteiger partial charge in [-0.25, -0.2) is 0 Å². The van der Waals surface area contributed by atoms with E-state index in [-0.39, 0.29) is 6.10 Å². The Labute approximate surface area is 135 Å². The van der Waals surface area contributed by atoms with Crippen molar-refractivity contribution in [2.75, 3.05) is 17.3 Å². The standard InChI is InChI=1S/C18H20N2O3/c1-13(2)23-16-12-8-7-11-15(16)19-17(21)18(22)20(3)14-9-5-4-6-10-14/h4-13H,1-3H3,(H,19,21). The topological polar surface area (TPSA) is 58.6 Å². The number of ether oxygens (including phenoxy) is 1. The summed E-state index contributed by atoms with van der Waals surface area (Å²) in [5.74, 6) is -0.822. The van der Waals surface area contributed by atoms with Crippen molar-refractivity contribution in [3.63, 3.8) is 0 Å². The third-order valence-corrected chi connectivity index (χ3v) is 3.14. The van der Waals surface area contributed by atoms with E-state index >= 15 is 0 Å². The minimum Gasteiger partial charge on any atom is -0.489 e. The van der Waals surface area contributed by atoms with E-state index in [0.717, 1.165) is 0 Å². The first kappa shape index (κ1) is 16.5. The number of likely N-dealkylation sites (N-methyl/N-ethyl adjacent to an activating group) is 1. The molecule has 0 saturated carbocycles. The molecule has 2 aromatic carbocycles. The summed E-state index contributed by atoms with van der Waals surface area (Å²) in [6, 6.07) is 16.0. The van der Waals surface area contributed by atoms with Gasteiger partial charge in [-0.1, -0.05) is 30.3 Å². The molecule has 0 aliphatic rings. The molecule has 2 aromatic rings. The van der Waals surface area contributed by atoms with E-state index in [1.807, 2.05) is 38.1 Å². The predicted octanol–water partition coefficient (Wildman–Crippen LogP) is 3.08. The Balaban J connectivity index is 2.11. The first-order chi connectivity index (χ1) is 11.0. The molecule has 23 heavy (non-hydrogen) atoms. The minimum atomic E-state index is -0.712. The van der Waals surface area contributed by atoms with Crippen LogP contribution >= 0.6 is 0 Å². The average Bonchev–Trinajstić information content (AvgIpc) is 2.55. The van der Waals surface area contributed by atoms with Crippen LogP contribution < -0.4 is 15.0 Å². The van der Waals surface area contributed by atoms with Crippen molar-refractivity contribution in [2.45, 2.75) is 20.0 Å². The normalized spacial score (nSPS) is 10.3. The van der Waals surface area contributed by atoms with Gasteiger partial charge in [-0.2, -0.15) is 0 Å². The van der Waals surface area contributed by atoms with Gasteiger partial charge in [0.05, 0.1) is 11.8 Å². The van der Waals surface area contributed by atoms with Crippen LogP contribution in [0.3, 0.4) is 0 Å². The van der Waals surface area contributed by atoms with Crippen LogP contribution in [-0.4, -0.2) is 25.0 Å². The van der Waals surface area contributed by atoms with Crippen LogP contribution in [0.15, 0.2) is 54.6 Å². The highest BCUT2D eigenvalue weighted by atomic mass is 16.5. The Morgan fingerprint density at radius 3 is 2.26 bits per heavy atom. The van der Waals surface area contributed by atoms with Crippen molar-refractivity contribution < 1.29 is 14.3 Å². The van der Waals surface area contributed by atoms with Crippen molar-refractivity contribution in [2.24, 2.45) is 0 Å². The zero-order valence-electron chi connectivity index (χ0n) is 13.4. The third-order valence-electron chi connectivity index (χ3n) is 3.14. The summed E-state index contributed by atoms with van der Waals surface area (Å²) in [5.41, 5.74) is 1.13. The molecule has 0 aromatic heterocycles. The Kier molecular flexibility index (Phi) is 5.36. The van der Waals surface area contributed by atoms with E-state index in [2.05, 4.69) is 5.32 Å². The molecule has 0 unspecified atom stereocenters. The van der Waals surface area contributed by atoms with Crippen molar-refractivity contribution in [1.82, 2.24) is 0 Å². The maximum absolute atomic E-state index is 12.3. The smallest absolute Gasteiger partial charge is 0.316 e. The molecular weight excluding hydrogens is 292 g/mol. The van der Waals surface area contributed by atoms with Crippen LogP contribution in [0, 0.1) is 0 Å². The maximum Gasteiger partial charge on any atom is 0.316 e. The van der Waals surface area contributed by atoms with Gasteiger partial charge in [0.15, 0.2) is 0 Å². The van der Waals surface area contributed by atoms with Crippen molar-refractivity contribution in [1.29, 1.82) is 0 Å². The first-order valence-electron chi connectivity index (χ1n) is 7.39. The molecule has 0 spiro atoms. The molecule has 0 heterocycles. The van der Waals surface area contributed by atoms with Gasteiger partial charge < -0.3 is 15.0 Å². The Morgan fingerprint density at radius 2 is 1.61 bits per heavy atom. The second kappa shape index (κ2) is 7.45. The van der Waals surface area contributed by atoms with E-state index in [1.54, 1.807) is 37.4 Å². The van der Waals surface area contributed by atoms with Crippen LogP contribution in [0.2, 0.25) is 0 Å². The number of benzene rings is 2. The zero-order valence-corrected chi connectivity index (χ0v) is 13.4. The Bertz CT molecular complexity index is 684. The number of hydrogen-bond acceptors (Lipinski definition) is 3. The number of carbonyl (C=O) groups is 2. The second-order valence-corrected chi connectivity index (χ2v) is 5.32. The largest absolute Gasteiger partial charge is 0.489 e. The molecule has 120 valence electrons. The van der Waals surface area contributed by atoms with Crippen molar-refractivity contribution in [3.8, 4) is 5.75 Å². The Morgan fingerprint density at radius 1 is 1.00 bits per heavy atom. The van der Waals surface area contributed by atoms with E-state index in [0.29, 0.717) is 17.1 Å². The fourth-order valence-electron chi connectivity index (χ4n) is 2.02. The Hall–Kier alpha value is -2.82. The molecule has 0 atom stereocenters. The summed E-state index contributed by atoms with van der Waals surface area (Å²) >= 11 is 0. The summed E-state index contributed by atoms with van der Waals surface area (Å²) in [6.45, 7) is 3.79. The van der Waals surface area contributed by atoms with Gasteiger partial charge in [-0.05, 0) is 38.1 Å². The molecule has 0 fully saturated rings. The number of amides is 2. The molecule has 0 bridgehead atoms. The summed E-state index contributed by atoms with van der Waals surface area (Å²) in [7, 11) is 1.56. The molecule has 0 radical (unpaired) electrons. The fourth-order valence-corrected chi connectivity index (χ4v) is 2.02. The number of rotatable bonds is 4. The molecule has 0 aliphatic carbocycles. The van der Waals surface area contributed by atoms with Crippen molar-refractivity contribution >= 4 is 23.2 Å². The predicted molar refractivity (Wildman–Crippen MR) is 90.7 cm³/mol. The van der Waals surface area contributed by atoms with Gasteiger partial charge in [0.1, 0.15) is 5.75 Å². The van der Waals surface area contributed by atoms with Gasteiger partial charge in [0.25, 0.3) is 0 Å². The van der Waals surface area contributed by atoms with E-state index in [1.165, 1.54) is 4.90 Å². The monoisotopic (exact) mass is 312 g/mol.